The smallest absolute Gasteiger partial charge is 0.340 e. The molecule has 1 N–H and O–H groups in total. The summed E-state index contributed by atoms with van der Waals surface area (Å²) >= 11 is 6.27. The average Bonchev–Trinajstić information content (AvgIpc) is 2.69. The number of esters is 1. The summed E-state index contributed by atoms with van der Waals surface area (Å²) < 4.78 is 5.85. The fraction of sp³-hybridized carbons (Fsp3) is 0.150. The topological polar surface area (TPSA) is 73.2 Å². The molecule has 0 unspecified atom stereocenters. The number of carbonyl (C=O) groups is 1. The van der Waals surface area contributed by atoms with E-state index in [0.29, 0.717) is 17.9 Å². The number of nitrogens with zero attached hydrogens (tertiary/aromatic N) is 2. The lowest BCUT2D eigenvalue weighted by Crippen LogP contribution is -2.24. The molecular weight excluding hydrogens is 366 g/mol. The van der Waals surface area contributed by atoms with Crippen molar-refractivity contribution in [2.24, 2.45) is 0 Å². The van der Waals surface area contributed by atoms with Gasteiger partial charge >= 0.3 is 5.97 Å². The van der Waals surface area contributed by atoms with Crippen molar-refractivity contribution in [3.8, 4) is 5.69 Å². The summed E-state index contributed by atoms with van der Waals surface area (Å²) in [5.74, 6) is -0.558. The van der Waals surface area contributed by atoms with Crippen LogP contribution in [0.3, 0.4) is 0 Å². The van der Waals surface area contributed by atoms with Gasteiger partial charge in [-0.15, -0.1) is 0 Å². The molecule has 0 aliphatic carbocycles. The van der Waals surface area contributed by atoms with Crippen molar-refractivity contribution in [1.29, 1.82) is 0 Å². The monoisotopic (exact) mass is 383 g/mol. The Morgan fingerprint density at radius 1 is 1.19 bits per heavy atom. The summed E-state index contributed by atoms with van der Waals surface area (Å²) in [5, 5.41) is 7.31. The highest BCUT2D eigenvalue weighted by Gasteiger charge is 2.17. The van der Waals surface area contributed by atoms with Crippen LogP contribution in [0.25, 0.3) is 5.69 Å². The van der Waals surface area contributed by atoms with Crippen molar-refractivity contribution < 1.29 is 9.53 Å². The van der Waals surface area contributed by atoms with Gasteiger partial charge in [0.25, 0.3) is 5.56 Å². The van der Waals surface area contributed by atoms with Gasteiger partial charge in [0.2, 0.25) is 0 Å². The van der Waals surface area contributed by atoms with E-state index in [-0.39, 0.29) is 10.6 Å². The van der Waals surface area contributed by atoms with E-state index in [1.54, 1.807) is 24.3 Å². The summed E-state index contributed by atoms with van der Waals surface area (Å²) in [6.45, 7) is 2.52. The first-order valence-corrected chi connectivity index (χ1v) is 8.64. The second-order valence-corrected chi connectivity index (χ2v) is 6.26. The number of rotatable bonds is 5. The number of para-hydroxylation sites is 1. The van der Waals surface area contributed by atoms with Gasteiger partial charge in [-0.25, -0.2) is 4.79 Å². The van der Waals surface area contributed by atoms with Crippen molar-refractivity contribution in [2.75, 3.05) is 12.4 Å². The summed E-state index contributed by atoms with van der Waals surface area (Å²) in [5.41, 5.74) is 2.66. The van der Waals surface area contributed by atoms with Gasteiger partial charge in [-0.2, -0.15) is 9.78 Å². The van der Waals surface area contributed by atoms with Gasteiger partial charge in [-0.05, 0) is 30.2 Å². The van der Waals surface area contributed by atoms with Crippen molar-refractivity contribution in [2.45, 2.75) is 13.5 Å². The summed E-state index contributed by atoms with van der Waals surface area (Å²) in [6, 6.07) is 14.5. The van der Waals surface area contributed by atoms with Gasteiger partial charge in [-0.3, -0.25) is 4.79 Å². The number of nitrogens with one attached hydrogen (secondary N) is 1. The van der Waals surface area contributed by atoms with E-state index >= 15 is 0 Å². The lowest BCUT2D eigenvalue weighted by Gasteiger charge is -2.13. The van der Waals surface area contributed by atoms with Gasteiger partial charge in [-0.1, -0.05) is 48.0 Å². The second-order valence-electron chi connectivity index (χ2n) is 5.88. The number of ether oxygens (including phenoxy) is 1. The van der Waals surface area contributed by atoms with Crippen LogP contribution in [0, 0.1) is 6.92 Å². The van der Waals surface area contributed by atoms with Crippen molar-refractivity contribution in [3.63, 3.8) is 0 Å². The van der Waals surface area contributed by atoms with Crippen LogP contribution < -0.4 is 10.9 Å². The third-order valence-corrected chi connectivity index (χ3v) is 4.55. The Balaban J connectivity index is 1.94. The Kier molecular flexibility index (Phi) is 5.57. The number of hydrogen-bond donors (Lipinski definition) is 1. The molecule has 1 heterocycles. The molecule has 3 aromatic rings. The first-order valence-electron chi connectivity index (χ1n) is 8.27. The molecule has 0 saturated heterocycles. The zero-order chi connectivity index (χ0) is 19.4. The van der Waals surface area contributed by atoms with Crippen LogP contribution in [0.15, 0.2) is 59.5 Å². The Bertz CT molecular complexity index is 1050. The number of aryl methyl sites for hydroxylation is 1. The number of carbonyl (C=O) groups excluding carboxylic acids is 1. The molecule has 2 aromatic carbocycles. The molecule has 0 amide bonds. The standard InChI is InChI=1S/C20H18ClN3O3/c1-13-7-3-4-8-14(13)11-22-16-12-23-24(19(25)18(16)21)17-10-6-5-9-15(17)20(26)27-2/h3-10,12,22H,11H2,1-2H3. The van der Waals surface area contributed by atoms with Gasteiger partial charge in [0.05, 0.1) is 30.2 Å². The van der Waals surface area contributed by atoms with Crippen LogP contribution in [0.1, 0.15) is 21.5 Å². The van der Waals surface area contributed by atoms with Crippen LogP contribution in [0.5, 0.6) is 0 Å². The molecule has 0 radical (unpaired) electrons. The summed E-state index contributed by atoms with van der Waals surface area (Å²) in [7, 11) is 1.28. The molecule has 6 nitrogen and oxygen atoms in total. The number of benzene rings is 2. The van der Waals surface area contributed by atoms with Crippen LogP contribution >= 0.6 is 11.6 Å². The molecule has 27 heavy (non-hydrogen) atoms. The van der Waals surface area contributed by atoms with Crippen molar-refractivity contribution in [1.82, 2.24) is 9.78 Å². The number of methoxy groups -OCH3 is 1. The minimum Gasteiger partial charge on any atom is -0.465 e. The highest BCUT2D eigenvalue weighted by atomic mass is 35.5. The minimum atomic E-state index is -0.558. The van der Waals surface area contributed by atoms with E-state index in [4.69, 9.17) is 16.3 Å². The highest BCUT2D eigenvalue weighted by molar-refractivity contribution is 6.32. The molecule has 138 valence electrons. The molecule has 1 aromatic heterocycles. The van der Waals surface area contributed by atoms with Gasteiger partial charge in [0.1, 0.15) is 5.02 Å². The Morgan fingerprint density at radius 3 is 2.63 bits per heavy atom. The maximum Gasteiger partial charge on any atom is 0.340 e. The minimum absolute atomic E-state index is 0.00162. The number of aromatic nitrogens is 2. The summed E-state index contributed by atoms with van der Waals surface area (Å²) in [4.78, 5) is 24.7. The number of halogens is 1. The molecule has 7 heteroatoms. The first-order chi connectivity index (χ1) is 13.0. The maximum absolute atomic E-state index is 12.7. The normalized spacial score (nSPS) is 10.5. The average molecular weight is 384 g/mol. The lowest BCUT2D eigenvalue weighted by molar-refractivity contribution is 0.0600. The van der Waals surface area contributed by atoms with Gasteiger partial charge < -0.3 is 10.1 Å². The number of anilines is 1. The van der Waals surface area contributed by atoms with Crippen LogP contribution in [0.2, 0.25) is 5.02 Å². The SMILES string of the molecule is COC(=O)c1ccccc1-n1ncc(NCc2ccccc2C)c(Cl)c1=O. The van der Waals surface area contributed by atoms with Crippen LogP contribution in [0.4, 0.5) is 5.69 Å². The van der Waals surface area contributed by atoms with E-state index < -0.39 is 11.5 Å². The van der Waals surface area contributed by atoms with Gasteiger partial charge in [0.15, 0.2) is 0 Å². The molecule has 0 bridgehead atoms. The molecule has 0 atom stereocenters. The molecule has 0 saturated carbocycles. The number of hydrogen-bond acceptors (Lipinski definition) is 5. The maximum atomic E-state index is 12.7. The van der Waals surface area contributed by atoms with Crippen molar-refractivity contribution in [3.05, 3.63) is 86.8 Å². The predicted molar refractivity (Wildman–Crippen MR) is 105 cm³/mol. The Morgan fingerprint density at radius 2 is 1.89 bits per heavy atom. The molecule has 0 fully saturated rings. The zero-order valence-corrected chi connectivity index (χ0v) is 15.7. The summed E-state index contributed by atoms with van der Waals surface area (Å²) in [6.07, 6.45) is 1.47. The van der Waals surface area contributed by atoms with E-state index in [0.717, 1.165) is 15.8 Å². The van der Waals surface area contributed by atoms with E-state index in [9.17, 15) is 9.59 Å². The predicted octanol–water partition coefficient (Wildman–Crippen LogP) is 3.59. The molecule has 0 aliphatic heterocycles. The molecule has 3 rings (SSSR count). The second kappa shape index (κ2) is 8.05. The largest absolute Gasteiger partial charge is 0.465 e. The first kappa shape index (κ1) is 18.7. The quantitative estimate of drug-likeness (QED) is 0.681. The molecular formula is C20H18ClN3O3. The highest BCUT2D eigenvalue weighted by Crippen LogP contribution is 2.20. The van der Waals surface area contributed by atoms with Gasteiger partial charge in [0, 0.05) is 6.54 Å². The van der Waals surface area contributed by atoms with E-state index in [1.165, 1.54) is 13.3 Å². The third-order valence-electron chi connectivity index (χ3n) is 4.19. The fourth-order valence-corrected chi connectivity index (χ4v) is 2.86. The van der Waals surface area contributed by atoms with E-state index in [2.05, 4.69) is 10.4 Å². The van der Waals surface area contributed by atoms with Crippen LogP contribution in [-0.2, 0) is 11.3 Å². The molecule has 0 spiro atoms. The lowest BCUT2D eigenvalue weighted by atomic mass is 10.1. The molecule has 0 aliphatic rings. The van der Waals surface area contributed by atoms with Crippen LogP contribution in [-0.4, -0.2) is 22.9 Å². The Hall–Kier alpha value is -3.12. The zero-order valence-electron chi connectivity index (χ0n) is 14.9. The van der Waals surface area contributed by atoms with E-state index in [1.807, 2.05) is 31.2 Å². The Labute approximate surface area is 161 Å². The fourth-order valence-electron chi connectivity index (χ4n) is 2.67. The third kappa shape index (κ3) is 3.85. The van der Waals surface area contributed by atoms with Crippen molar-refractivity contribution >= 4 is 23.3 Å².